The minimum atomic E-state index is -0.767. The van der Waals surface area contributed by atoms with E-state index >= 15 is 0 Å². The number of ether oxygens (including phenoxy) is 1. The Labute approximate surface area is 213 Å². The fourth-order valence-corrected chi connectivity index (χ4v) is 4.17. The number of unbranched alkanes of at least 4 members (excludes halogenated alkanes) is 3. The molecule has 2 rings (SSSR count). The first-order chi connectivity index (χ1) is 17.3. The molecule has 4 N–H and O–H groups in total. The number of methoxy groups -OCH3 is 1. The van der Waals surface area contributed by atoms with Crippen LogP contribution in [-0.4, -0.2) is 55.4 Å². The van der Waals surface area contributed by atoms with E-state index in [4.69, 9.17) is 0 Å². The van der Waals surface area contributed by atoms with E-state index in [0.717, 1.165) is 54.3 Å². The summed E-state index contributed by atoms with van der Waals surface area (Å²) in [5.74, 6) is -0.663. The molecule has 36 heavy (non-hydrogen) atoms. The van der Waals surface area contributed by atoms with E-state index < -0.39 is 12.0 Å². The fraction of sp³-hybridized carbons (Fsp3) is 0.556. The maximum absolute atomic E-state index is 13.2. The zero-order chi connectivity index (χ0) is 26.3. The average Bonchev–Trinajstić information content (AvgIpc) is 3.19. The number of fused-ring (bicyclic) bond motifs is 1. The molecule has 0 bridgehead atoms. The van der Waals surface area contributed by atoms with Crippen molar-refractivity contribution in [3.05, 3.63) is 35.5 Å². The van der Waals surface area contributed by atoms with Crippen molar-refractivity contribution in [2.24, 2.45) is 5.92 Å². The fourth-order valence-electron chi connectivity index (χ4n) is 4.17. The normalized spacial score (nSPS) is 11.8. The Morgan fingerprint density at radius 3 is 2.42 bits per heavy atom. The van der Waals surface area contributed by atoms with Gasteiger partial charge in [0.1, 0.15) is 6.04 Å². The monoisotopic (exact) mass is 500 g/mol. The van der Waals surface area contributed by atoms with E-state index in [9.17, 15) is 19.2 Å². The van der Waals surface area contributed by atoms with Crippen LogP contribution in [0.3, 0.4) is 0 Å². The lowest BCUT2D eigenvalue weighted by Gasteiger charge is -2.20. The smallest absolute Gasteiger partial charge is 0.306 e. The minimum absolute atomic E-state index is 0.0404. The molecule has 0 saturated heterocycles. The molecule has 9 nitrogen and oxygen atoms in total. The van der Waals surface area contributed by atoms with Gasteiger partial charge in [0.2, 0.25) is 18.2 Å². The molecular weight excluding hydrogens is 460 g/mol. The highest BCUT2D eigenvalue weighted by Gasteiger charge is 2.25. The predicted molar refractivity (Wildman–Crippen MR) is 139 cm³/mol. The molecule has 0 radical (unpaired) electrons. The Morgan fingerprint density at radius 2 is 1.72 bits per heavy atom. The highest BCUT2D eigenvalue weighted by molar-refractivity contribution is 5.90. The second-order valence-corrected chi connectivity index (χ2v) is 9.40. The van der Waals surface area contributed by atoms with Gasteiger partial charge in [-0.15, -0.1) is 0 Å². The van der Waals surface area contributed by atoms with Gasteiger partial charge in [0.15, 0.2) is 0 Å². The number of benzene rings is 1. The molecule has 0 unspecified atom stereocenters. The lowest BCUT2D eigenvalue weighted by Crippen LogP contribution is -2.48. The number of carbonyl (C=O) groups excluding carboxylic acids is 4. The molecule has 0 aliphatic heterocycles. The number of aromatic amines is 1. The van der Waals surface area contributed by atoms with Gasteiger partial charge in [0, 0.05) is 42.5 Å². The molecule has 3 amide bonds. The van der Waals surface area contributed by atoms with E-state index in [1.165, 1.54) is 7.11 Å². The van der Waals surface area contributed by atoms with Crippen molar-refractivity contribution in [1.29, 1.82) is 0 Å². The molecule has 2 aromatic rings. The third-order valence-corrected chi connectivity index (χ3v) is 5.99. The van der Waals surface area contributed by atoms with Crippen molar-refractivity contribution in [2.75, 3.05) is 20.2 Å². The lowest BCUT2D eigenvalue weighted by molar-refractivity contribution is -0.142. The van der Waals surface area contributed by atoms with E-state index in [2.05, 4.69) is 39.5 Å². The summed E-state index contributed by atoms with van der Waals surface area (Å²) in [4.78, 5) is 51.0. The van der Waals surface area contributed by atoms with Crippen LogP contribution in [0.2, 0.25) is 0 Å². The second kappa shape index (κ2) is 15.6. The Bertz CT molecular complexity index is 1000. The average molecular weight is 501 g/mol. The number of carbonyl (C=O) groups is 4. The van der Waals surface area contributed by atoms with Crippen molar-refractivity contribution in [1.82, 2.24) is 20.9 Å². The van der Waals surface area contributed by atoms with Gasteiger partial charge in [-0.25, -0.2) is 0 Å². The van der Waals surface area contributed by atoms with Gasteiger partial charge in [-0.2, -0.15) is 0 Å². The first-order valence-electron chi connectivity index (χ1n) is 12.7. The maximum atomic E-state index is 13.2. The highest BCUT2D eigenvalue weighted by Crippen LogP contribution is 2.26. The van der Waals surface area contributed by atoms with Crippen molar-refractivity contribution < 1.29 is 23.9 Å². The van der Waals surface area contributed by atoms with Crippen LogP contribution in [0.5, 0.6) is 0 Å². The van der Waals surface area contributed by atoms with Crippen LogP contribution in [0.25, 0.3) is 10.9 Å². The standard InChI is InChI=1S/C27H40N4O5/c1-19(2)16-23-21(20-10-6-7-11-22(20)30-23)17-24(31-25(33)12-13-26(34)36-3)27(35)29-15-9-5-4-8-14-28-18-32/h6-7,10-11,18-19,24,30H,4-5,8-9,12-17H2,1-3H3,(H,28,32)(H,29,35)(H,31,33)/t24-/m0/s1. The number of rotatable bonds is 17. The molecule has 1 heterocycles. The molecule has 0 spiro atoms. The van der Waals surface area contributed by atoms with Gasteiger partial charge in [-0.1, -0.05) is 44.9 Å². The SMILES string of the molecule is COC(=O)CCC(=O)N[C@@H](Cc1c(CC(C)C)[nH]c2ccccc12)C(=O)NCCCCCCNC=O. The van der Waals surface area contributed by atoms with Gasteiger partial charge in [0.05, 0.1) is 13.5 Å². The van der Waals surface area contributed by atoms with Crippen molar-refractivity contribution in [2.45, 2.75) is 71.3 Å². The third kappa shape index (κ3) is 9.71. The quantitative estimate of drug-likeness (QED) is 0.151. The molecular formula is C27H40N4O5. The third-order valence-electron chi connectivity index (χ3n) is 5.99. The summed E-state index contributed by atoms with van der Waals surface area (Å²) in [6.07, 6.45) is 5.37. The second-order valence-electron chi connectivity index (χ2n) is 9.40. The number of amides is 3. The molecule has 1 aromatic carbocycles. The van der Waals surface area contributed by atoms with Crippen molar-refractivity contribution in [3.8, 4) is 0 Å². The molecule has 198 valence electrons. The molecule has 0 fully saturated rings. The van der Waals surface area contributed by atoms with Crippen LogP contribution >= 0.6 is 0 Å². The number of para-hydroxylation sites is 1. The largest absolute Gasteiger partial charge is 0.469 e. The number of H-pyrrole nitrogens is 1. The maximum Gasteiger partial charge on any atom is 0.306 e. The van der Waals surface area contributed by atoms with Crippen molar-refractivity contribution >= 4 is 35.1 Å². The van der Waals surface area contributed by atoms with Crippen LogP contribution in [0, 0.1) is 5.92 Å². The van der Waals surface area contributed by atoms with Crippen LogP contribution in [0.4, 0.5) is 0 Å². The number of hydrogen-bond acceptors (Lipinski definition) is 5. The number of esters is 1. The number of aromatic nitrogens is 1. The highest BCUT2D eigenvalue weighted by atomic mass is 16.5. The summed E-state index contributed by atoms with van der Waals surface area (Å²) in [6.45, 7) is 5.44. The van der Waals surface area contributed by atoms with Crippen LogP contribution in [0.1, 0.15) is 63.6 Å². The van der Waals surface area contributed by atoms with Crippen LogP contribution in [-0.2, 0) is 36.8 Å². The minimum Gasteiger partial charge on any atom is -0.469 e. The zero-order valence-corrected chi connectivity index (χ0v) is 21.7. The first-order valence-corrected chi connectivity index (χ1v) is 12.7. The van der Waals surface area contributed by atoms with Crippen LogP contribution < -0.4 is 16.0 Å². The summed E-state index contributed by atoms with van der Waals surface area (Å²) in [6, 6.07) is 7.20. The molecule has 1 atom stereocenters. The summed E-state index contributed by atoms with van der Waals surface area (Å²) < 4.78 is 4.62. The van der Waals surface area contributed by atoms with E-state index in [1.807, 2.05) is 24.3 Å². The predicted octanol–water partition coefficient (Wildman–Crippen LogP) is 2.77. The van der Waals surface area contributed by atoms with E-state index in [-0.39, 0.29) is 24.7 Å². The summed E-state index contributed by atoms with van der Waals surface area (Å²) in [7, 11) is 1.28. The Hall–Kier alpha value is -3.36. The summed E-state index contributed by atoms with van der Waals surface area (Å²) >= 11 is 0. The molecule has 0 aliphatic rings. The molecule has 0 aliphatic carbocycles. The Balaban J connectivity index is 2.10. The zero-order valence-electron chi connectivity index (χ0n) is 21.7. The lowest BCUT2D eigenvalue weighted by atomic mass is 9.97. The van der Waals surface area contributed by atoms with E-state index in [0.29, 0.717) is 31.8 Å². The number of hydrogen-bond donors (Lipinski definition) is 4. The molecule has 9 heteroatoms. The van der Waals surface area contributed by atoms with Gasteiger partial charge >= 0.3 is 5.97 Å². The van der Waals surface area contributed by atoms with Gasteiger partial charge < -0.3 is 25.7 Å². The molecule has 1 aromatic heterocycles. The van der Waals surface area contributed by atoms with Gasteiger partial charge in [0.25, 0.3) is 0 Å². The van der Waals surface area contributed by atoms with Gasteiger partial charge in [-0.3, -0.25) is 19.2 Å². The Morgan fingerprint density at radius 1 is 1.00 bits per heavy atom. The number of nitrogens with one attached hydrogen (secondary N) is 4. The summed E-state index contributed by atoms with van der Waals surface area (Å²) in [5.41, 5.74) is 3.09. The van der Waals surface area contributed by atoms with Crippen LogP contribution in [0.15, 0.2) is 24.3 Å². The summed E-state index contributed by atoms with van der Waals surface area (Å²) in [5, 5.41) is 9.48. The van der Waals surface area contributed by atoms with Crippen molar-refractivity contribution in [3.63, 3.8) is 0 Å². The van der Waals surface area contributed by atoms with Gasteiger partial charge in [-0.05, 0) is 36.8 Å². The first kappa shape index (κ1) is 28.9. The topological polar surface area (TPSA) is 129 Å². The van der Waals surface area contributed by atoms with E-state index in [1.54, 1.807) is 0 Å². The molecule has 0 saturated carbocycles. The Kier molecular flexibility index (Phi) is 12.5.